The van der Waals surface area contributed by atoms with Crippen LogP contribution in [0.1, 0.15) is 28.8 Å². The molecule has 0 radical (unpaired) electrons. The molecule has 3 aromatic rings. The summed E-state index contributed by atoms with van der Waals surface area (Å²) in [5.74, 6) is 0.613. The van der Waals surface area contributed by atoms with Crippen LogP contribution in [0.3, 0.4) is 0 Å². The zero-order valence-electron chi connectivity index (χ0n) is 14.8. The van der Waals surface area contributed by atoms with Crippen LogP contribution in [0.15, 0.2) is 41.3 Å². The number of hydrogen-bond donors (Lipinski definition) is 1. The van der Waals surface area contributed by atoms with Crippen molar-refractivity contribution in [1.29, 1.82) is 5.26 Å². The average Bonchev–Trinajstić information content (AvgIpc) is 3.05. The minimum Gasteiger partial charge on any atom is -0.300 e. The number of fused-ring (bicyclic) bond motifs is 2. The first-order valence-corrected chi connectivity index (χ1v) is 8.89. The molecule has 6 nitrogen and oxygen atoms in total. The predicted octanol–water partition coefficient (Wildman–Crippen LogP) is 2.13. The van der Waals surface area contributed by atoms with E-state index >= 15 is 0 Å². The normalized spacial score (nSPS) is 16.6. The summed E-state index contributed by atoms with van der Waals surface area (Å²) >= 11 is 0. The molecule has 1 atom stereocenters. The van der Waals surface area contributed by atoms with Crippen molar-refractivity contribution in [2.45, 2.75) is 25.8 Å². The fourth-order valence-electron chi connectivity index (χ4n) is 3.90. The third kappa shape index (κ3) is 3.14. The number of H-pyrrole nitrogens is 1. The van der Waals surface area contributed by atoms with Crippen LogP contribution in [0.2, 0.25) is 0 Å². The lowest BCUT2D eigenvalue weighted by Crippen LogP contribution is -2.30. The Morgan fingerprint density at radius 3 is 3.00 bits per heavy atom. The molecule has 2 heterocycles. The van der Waals surface area contributed by atoms with Gasteiger partial charge in [-0.25, -0.2) is 9.50 Å². The highest BCUT2D eigenvalue weighted by atomic mass is 16.1. The van der Waals surface area contributed by atoms with Crippen molar-refractivity contribution < 1.29 is 0 Å². The first-order valence-electron chi connectivity index (χ1n) is 8.89. The zero-order valence-corrected chi connectivity index (χ0v) is 14.8. The van der Waals surface area contributed by atoms with Crippen LogP contribution in [0.25, 0.3) is 5.65 Å². The summed E-state index contributed by atoms with van der Waals surface area (Å²) in [6.45, 7) is 1.56. The summed E-state index contributed by atoms with van der Waals surface area (Å²) in [6, 6.07) is 12.3. The van der Waals surface area contributed by atoms with Crippen molar-refractivity contribution in [3.8, 4) is 6.07 Å². The molecule has 2 aromatic heterocycles. The van der Waals surface area contributed by atoms with Gasteiger partial charge in [-0.2, -0.15) is 5.26 Å². The molecule has 1 aliphatic carbocycles. The molecule has 0 amide bonds. The molecule has 132 valence electrons. The van der Waals surface area contributed by atoms with E-state index in [0.29, 0.717) is 29.4 Å². The summed E-state index contributed by atoms with van der Waals surface area (Å²) in [5, 5.41) is 11.9. The highest BCUT2D eigenvalue weighted by Crippen LogP contribution is 2.26. The van der Waals surface area contributed by atoms with E-state index in [1.165, 1.54) is 34.3 Å². The molecule has 6 heteroatoms. The molecule has 0 aliphatic heterocycles. The molecule has 1 unspecified atom stereocenters. The van der Waals surface area contributed by atoms with Gasteiger partial charge in [-0.3, -0.25) is 9.89 Å². The molecular weight excluding hydrogens is 326 g/mol. The maximum absolute atomic E-state index is 12.2. The third-order valence-corrected chi connectivity index (χ3v) is 5.12. The fraction of sp³-hybridized carbons (Fsp3) is 0.350. The monoisotopic (exact) mass is 347 g/mol. The standard InChI is InChI=1S/C20H21N5O/c1-24(12-14-6-7-15-4-2-3-5-16(15)8-14)13-18-9-19(26)25-20(23-18)17(10-21)11-22-25/h2-5,9,11,14,22H,6-8,12-13H2,1H3. The van der Waals surface area contributed by atoms with Crippen LogP contribution in [0, 0.1) is 17.2 Å². The van der Waals surface area contributed by atoms with Gasteiger partial charge >= 0.3 is 0 Å². The largest absolute Gasteiger partial charge is 0.300 e. The first-order chi connectivity index (χ1) is 12.6. The minimum atomic E-state index is -0.188. The van der Waals surface area contributed by atoms with E-state index in [9.17, 15) is 4.79 Å². The van der Waals surface area contributed by atoms with Crippen LogP contribution >= 0.6 is 0 Å². The smallest absolute Gasteiger partial charge is 0.272 e. The van der Waals surface area contributed by atoms with Gasteiger partial charge in [0, 0.05) is 25.4 Å². The Bertz CT molecular complexity index is 1040. The number of benzene rings is 1. The van der Waals surface area contributed by atoms with Crippen molar-refractivity contribution in [3.05, 3.63) is 69.3 Å². The molecule has 1 aliphatic rings. The van der Waals surface area contributed by atoms with Gasteiger partial charge in [-0.1, -0.05) is 24.3 Å². The van der Waals surface area contributed by atoms with Crippen molar-refractivity contribution in [2.24, 2.45) is 5.92 Å². The number of nitriles is 1. The van der Waals surface area contributed by atoms with Gasteiger partial charge in [0.25, 0.3) is 5.56 Å². The van der Waals surface area contributed by atoms with E-state index in [4.69, 9.17) is 5.26 Å². The molecule has 1 N–H and O–H groups in total. The van der Waals surface area contributed by atoms with E-state index in [2.05, 4.69) is 52.4 Å². The van der Waals surface area contributed by atoms with Gasteiger partial charge in [0.2, 0.25) is 0 Å². The van der Waals surface area contributed by atoms with Gasteiger partial charge < -0.3 is 4.90 Å². The topological polar surface area (TPSA) is 77.2 Å². The Hall–Kier alpha value is -2.91. The van der Waals surface area contributed by atoms with Crippen LogP contribution in [-0.2, 0) is 19.4 Å². The maximum atomic E-state index is 12.2. The van der Waals surface area contributed by atoms with Crippen molar-refractivity contribution in [2.75, 3.05) is 13.6 Å². The first kappa shape index (κ1) is 16.6. The minimum absolute atomic E-state index is 0.188. The average molecular weight is 347 g/mol. The van der Waals surface area contributed by atoms with E-state index < -0.39 is 0 Å². The number of hydrogen-bond acceptors (Lipinski definition) is 4. The second-order valence-corrected chi connectivity index (χ2v) is 7.12. The highest BCUT2D eigenvalue weighted by Gasteiger charge is 2.20. The van der Waals surface area contributed by atoms with Crippen molar-refractivity contribution in [1.82, 2.24) is 19.5 Å². The summed E-state index contributed by atoms with van der Waals surface area (Å²) < 4.78 is 1.31. The van der Waals surface area contributed by atoms with Gasteiger partial charge in [0.15, 0.2) is 5.65 Å². The predicted molar refractivity (Wildman–Crippen MR) is 98.8 cm³/mol. The van der Waals surface area contributed by atoms with Gasteiger partial charge in [-0.05, 0) is 43.4 Å². The zero-order chi connectivity index (χ0) is 18.1. The van der Waals surface area contributed by atoms with E-state index in [-0.39, 0.29) is 5.56 Å². The van der Waals surface area contributed by atoms with E-state index in [1.807, 2.05) is 0 Å². The Labute approximate surface area is 151 Å². The van der Waals surface area contributed by atoms with Crippen molar-refractivity contribution in [3.63, 3.8) is 0 Å². The molecule has 0 bridgehead atoms. The lowest BCUT2D eigenvalue weighted by Gasteiger charge is -2.28. The van der Waals surface area contributed by atoms with Crippen LogP contribution in [0.4, 0.5) is 0 Å². The highest BCUT2D eigenvalue weighted by molar-refractivity contribution is 5.53. The number of aromatic nitrogens is 3. The molecule has 4 rings (SSSR count). The number of aromatic amines is 1. The lowest BCUT2D eigenvalue weighted by atomic mass is 9.84. The molecule has 26 heavy (non-hydrogen) atoms. The summed E-state index contributed by atoms with van der Waals surface area (Å²) in [4.78, 5) is 18.9. The summed E-state index contributed by atoms with van der Waals surface area (Å²) in [6.07, 6.45) is 4.94. The van der Waals surface area contributed by atoms with Crippen LogP contribution < -0.4 is 5.56 Å². The van der Waals surface area contributed by atoms with Gasteiger partial charge in [0.05, 0.1) is 5.69 Å². The molecule has 0 saturated carbocycles. The number of nitrogens with zero attached hydrogens (tertiary/aromatic N) is 4. The van der Waals surface area contributed by atoms with Crippen molar-refractivity contribution >= 4 is 5.65 Å². The number of aryl methyl sites for hydroxylation is 1. The molecular formula is C20H21N5O. The van der Waals surface area contributed by atoms with Crippen LogP contribution in [0.5, 0.6) is 0 Å². The third-order valence-electron chi connectivity index (χ3n) is 5.12. The number of nitrogens with one attached hydrogen (secondary N) is 1. The Kier molecular flexibility index (Phi) is 4.31. The second-order valence-electron chi connectivity index (χ2n) is 7.12. The summed E-state index contributed by atoms with van der Waals surface area (Å²) in [7, 11) is 2.06. The van der Waals surface area contributed by atoms with E-state index in [0.717, 1.165) is 19.4 Å². The second kappa shape index (κ2) is 6.77. The van der Waals surface area contributed by atoms with Gasteiger partial charge in [-0.15, -0.1) is 0 Å². The lowest BCUT2D eigenvalue weighted by molar-refractivity contribution is 0.252. The number of rotatable bonds is 4. The Morgan fingerprint density at radius 2 is 2.19 bits per heavy atom. The molecule has 0 spiro atoms. The van der Waals surface area contributed by atoms with Crippen LogP contribution in [-0.4, -0.2) is 33.1 Å². The maximum Gasteiger partial charge on any atom is 0.272 e. The quantitative estimate of drug-likeness (QED) is 0.784. The Morgan fingerprint density at radius 1 is 1.38 bits per heavy atom. The molecule has 0 fully saturated rings. The van der Waals surface area contributed by atoms with E-state index in [1.54, 1.807) is 0 Å². The SMILES string of the molecule is CN(Cc1cc(=O)n2[nH]cc(C#N)c2n1)CC1CCc2ccccc2C1. The Balaban J connectivity index is 1.47. The summed E-state index contributed by atoms with van der Waals surface area (Å²) in [5.41, 5.74) is 4.23. The van der Waals surface area contributed by atoms with Gasteiger partial charge in [0.1, 0.15) is 11.6 Å². The molecule has 1 aromatic carbocycles. The molecule has 0 saturated heterocycles. The fourth-order valence-corrected chi connectivity index (χ4v) is 3.90.